The SMILES string of the molecule is O=C([C@H]1C[C@@H]1c1ccccc1)N1CCN(Cc2noc(-c3ccc(F)cc3)n2)CC1. The molecule has 1 aromatic heterocycles. The van der Waals surface area contributed by atoms with E-state index in [0.29, 0.717) is 29.7 Å². The lowest BCUT2D eigenvalue weighted by Gasteiger charge is -2.34. The van der Waals surface area contributed by atoms with Crippen molar-refractivity contribution in [3.63, 3.8) is 0 Å². The van der Waals surface area contributed by atoms with E-state index in [1.807, 2.05) is 23.1 Å². The predicted molar refractivity (Wildman–Crippen MR) is 109 cm³/mol. The highest BCUT2D eigenvalue weighted by atomic mass is 19.1. The third-order valence-corrected chi connectivity index (χ3v) is 5.94. The molecule has 0 bridgehead atoms. The minimum atomic E-state index is -0.299. The Balaban J connectivity index is 1.13. The molecule has 2 fully saturated rings. The number of piperazine rings is 1. The molecule has 2 atom stereocenters. The average molecular weight is 406 g/mol. The van der Waals surface area contributed by atoms with E-state index in [1.165, 1.54) is 17.7 Å². The van der Waals surface area contributed by atoms with Crippen LogP contribution in [0.5, 0.6) is 0 Å². The van der Waals surface area contributed by atoms with Gasteiger partial charge in [0, 0.05) is 37.7 Å². The fourth-order valence-electron chi connectivity index (χ4n) is 4.13. The maximum absolute atomic E-state index is 13.1. The van der Waals surface area contributed by atoms with Crippen LogP contribution < -0.4 is 0 Å². The molecule has 7 heteroatoms. The normalized spacial score (nSPS) is 21.6. The van der Waals surface area contributed by atoms with Gasteiger partial charge in [0.05, 0.1) is 6.54 Å². The minimum Gasteiger partial charge on any atom is -0.340 e. The number of carbonyl (C=O) groups is 1. The van der Waals surface area contributed by atoms with Crippen LogP contribution in [0.2, 0.25) is 0 Å². The van der Waals surface area contributed by atoms with Crippen LogP contribution in [0.15, 0.2) is 59.1 Å². The Morgan fingerprint density at radius 2 is 1.77 bits per heavy atom. The number of carbonyl (C=O) groups excluding carboxylic acids is 1. The van der Waals surface area contributed by atoms with Crippen molar-refractivity contribution in [1.82, 2.24) is 19.9 Å². The third-order valence-electron chi connectivity index (χ3n) is 5.94. The second-order valence-corrected chi connectivity index (χ2v) is 7.98. The fraction of sp³-hybridized carbons (Fsp3) is 0.348. The van der Waals surface area contributed by atoms with Gasteiger partial charge in [-0.1, -0.05) is 35.5 Å². The first kappa shape index (κ1) is 18.9. The van der Waals surface area contributed by atoms with Crippen molar-refractivity contribution in [2.24, 2.45) is 5.92 Å². The maximum Gasteiger partial charge on any atom is 0.257 e. The van der Waals surface area contributed by atoms with Gasteiger partial charge in [0.2, 0.25) is 5.91 Å². The minimum absolute atomic E-state index is 0.134. The Morgan fingerprint density at radius 1 is 1.03 bits per heavy atom. The highest BCUT2D eigenvalue weighted by Gasteiger charge is 2.45. The summed E-state index contributed by atoms with van der Waals surface area (Å²) in [4.78, 5) is 21.5. The zero-order chi connectivity index (χ0) is 20.5. The van der Waals surface area contributed by atoms with Gasteiger partial charge in [-0.3, -0.25) is 9.69 Å². The quantitative estimate of drug-likeness (QED) is 0.651. The summed E-state index contributed by atoms with van der Waals surface area (Å²) < 4.78 is 18.4. The summed E-state index contributed by atoms with van der Waals surface area (Å²) in [6.45, 7) is 3.59. The molecule has 0 N–H and O–H groups in total. The predicted octanol–water partition coefficient (Wildman–Crippen LogP) is 3.32. The lowest BCUT2D eigenvalue weighted by atomic mass is 10.1. The largest absolute Gasteiger partial charge is 0.340 e. The van der Waals surface area contributed by atoms with E-state index in [0.717, 1.165) is 32.6 Å². The van der Waals surface area contributed by atoms with Gasteiger partial charge in [0.15, 0.2) is 5.82 Å². The van der Waals surface area contributed by atoms with Crippen LogP contribution in [0.1, 0.15) is 23.7 Å². The number of amides is 1. The zero-order valence-electron chi connectivity index (χ0n) is 16.6. The summed E-state index contributed by atoms with van der Waals surface area (Å²) in [5.74, 6) is 1.48. The lowest BCUT2D eigenvalue weighted by Crippen LogP contribution is -2.49. The summed E-state index contributed by atoms with van der Waals surface area (Å²) in [5.41, 5.74) is 1.96. The van der Waals surface area contributed by atoms with Crippen LogP contribution in [0.3, 0.4) is 0 Å². The van der Waals surface area contributed by atoms with Crippen LogP contribution in [0.4, 0.5) is 4.39 Å². The fourth-order valence-corrected chi connectivity index (χ4v) is 4.13. The second kappa shape index (κ2) is 7.99. The monoisotopic (exact) mass is 406 g/mol. The highest BCUT2D eigenvalue weighted by molar-refractivity contribution is 5.83. The number of nitrogens with zero attached hydrogens (tertiary/aromatic N) is 4. The Labute approximate surface area is 174 Å². The second-order valence-electron chi connectivity index (χ2n) is 7.98. The first-order valence-electron chi connectivity index (χ1n) is 10.3. The molecule has 1 amide bonds. The standard InChI is InChI=1S/C23H23FN4O2/c24-18-8-6-17(7-9-18)22-25-21(26-30-22)15-27-10-12-28(13-11-27)23(29)20-14-19(20)16-4-2-1-3-5-16/h1-9,19-20H,10-15H2/t19-,20+/m1/s1. The van der Waals surface area contributed by atoms with E-state index in [-0.39, 0.29) is 17.6 Å². The molecule has 0 unspecified atom stereocenters. The van der Waals surface area contributed by atoms with Crippen molar-refractivity contribution in [1.29, 1.82) is 0 Å². The lowest BCUT2D eigenvalue weighted by molar-refractivity contribution is -0.134. The summed E-state index contributed by atoms with van der Waals surface area (Å²) >= 11 is 0. The first-order chi connectivity index (χ1) is 14.7. The molecular formula is C23H23FN4O2. The molecule has 5 rings (SSSR count). The van der Waals surface area contributed by atoms with Crippen molar-refractivity contribution in [3.05, 3.63) is 71.8 Å². The van der Waals surface area contributed by atoms with Gasteiger partial charge in [-0.25, -0.2) is 4.39 Å². The van der Waals surface area contributed by atoms with Gasteiger partial charge in [-0.15, -0.1) is 0 Å². The van der Waals surface area contributed by atoms with E-state index in [4.69, 9.17) is 4.52 Å². The number of rotatable bonds is 5. The van der Waals surface area contributed by atoms with Crippen LogP contribution >= 0.6 is 0 Å². The molecule has 6 nitrogen and oxygen atoms in total. The molecule has 0 radical (unpaired) electrons. The molecule has 1 saturated carbocycles. The molecule has 2 aliphatic rings. The van der Waals surface area contributed by atoms with Gasteiger partial charge in [-0.05, 0) is 42.2 Å². The van der Waals surface area contributed by atoms with Gasteiger partial charge in [-0.2, -0.15) is 4.98 Å². The Bertz CT molecular complexity index is 1010. The van der Waals surface area contributed by atoms with Crippen molar-refractivity contribution >= 4 is 5.91 Å². The molecule has 1 saturated heterocycles. The molecule has 154 valence electrons. The van der Waals surface area contributed by atoms with E-state index >= 15 is 0 Å². The van der Waals surface area contributed by atoms with Crippen LogP contribution in [-0.2, 0) is 11.3 Å². The van der Waals surface area contributed by atoms with E-state index in [9.17, 15) is 9.18 Å². The van der Waals surface area contributed by atoms with Gasteiger partial charge in [0.1, 0.15) is 5.82 Å². The Kier molecular flexibility index (Phi) is 5.04. The van der Waals surface area contributed by atoms with Crippen molar-refractivity contribution in [2.75, 3.05) is 26.2 Å². The maximum atomic E-state index is 13.1. The Hall–Kier alpha value is -3.06. The molecular weight excluding hydrogens is 383 g/mol. The topological polar surface area (TPSA) is 62.5 Å². The molecule has 1 aliphatic heterocycles. The molecule has 1 aliphatic carbocycles. The molecule has 2 heterocycles. The number of hydrogen-bond acceptors (Lipinski definition) is 5. The van der Waals surface area contributed by atoms with Crippen molar-refractivity contribution in [3.8, 4) is 11.5 Å². The summed E-state index contributed by atoms with van der Waals surface area (Å²) in [6, 6.07) is 16.3. The highest BCUT2D eigenvalue weighted by Crippen LogP contribution is 2.48. The van der Waals surface area contributed by atoms with E-state index in [1.54, 1.807) is 12.1 Å². The molecule has 3 aromatic rings. The van der Waals surface area contributed by atoms with E-state index < -0.39 is 0 Å². The van der Waals surface area contributed by atoms with Crippen molar-refractivity contribution in [2.45, 2.75) is 18.9 Å². The number of benzene rings is 2. The smallest absolute Gasteiger partial charge is 0.257 e. The van der Waals surface area contributed by atoms with Crippen LogP contribution in [-0.4, -0.2) is 52.0 Å². The summed E-state index contributed by atoms with van der Waals surface area (Å²) in [6.07, 6.45) is 0.956. The zero-order valence-corrected chi connectivity index (χ0v) is 16.6. The Morgan fingerprint density at radius 3 is 2.50 bits per heavy atom. The van der Waals surface area contributed by atoms with Gasteiger partial charge < -0.3 is 9.42 Å². The van der Waals surface area contributed by atoms with Crippen molar-refractivity contribution < 1.29 is 13.7 Å². The van der Waals surface area contributed by atoms with Gasteiger partial charge >= 0.3 is 0 Å². The molecule has 2 aromatic carbocycles. The molecule has 30 heavy (non-hydrogen) atoms. The van der Waals surface area contributed by atoms with Crippen LogP contribution in [0, 0.1) is 11.7 Å². The van der Waals surface area contributed by atoms with E-state index in [2.05, 4.69) is 27.2 Å². The van der Waals surface area contributed by atoms with Gasteiger partial charge in [0.25, 0.3) is 5.89 Å². The summed E-state index contributed by atoms with van der Waals surface area (Å²) in [7, 11) is 0. The number of aromatic nitrogens is 2. The third kappa shape index (κ3) is 3.98. The first-order valence-corrected chi connectivity index (χ1v) is 10.3. The van der Waals surface area contributed by atoms with Crippen LogP contribution in [0.25, 0.3) is 11.5 Å². The number of halogens is 1. The molecule has 0 spiro atoms. The summed E-state index contributed by atoms with van der Waals surface area (Å²) in [5, 5.41) is 4.04. The number of hydrogen-bond donors (Lipinski definition) is 0. The average Bonchev–Trinajstić information content (AvgIpc) is 3.46.